The van der Waals surface area contributed by atoms with Gasteiger partial charge in [-0.25, -0.2) is 4.79 Å². The van der Waals surface area contributed by atoms with Crippen LogP contribution in [0.3, 0.4) is 0 Å². The van der Waals surface area contributed by atoms with Crippen molar-refractivity contribution in [3.8, 4) is 11.5 Å². The van der Waals surface area contributed by atoms with Crippen molar-refractivity contribution in [2.24, 2.45) is 0 Å². The van der Waals surface area contributed by atoms with Crippen LogP contribution >= 0.6 is 0 Å². The number of rotatable bonds is 2. The number of aliphatic hydroxyl groups excluding tert-OH is 2. The summed E-state index contributed by atoms with van der Waals surface area (Å²) in [5.41, 5.74) is 0.731. The minimum atomic E-state index is -1.70. The maximum absolute atomic E-state index is 12.1. The number of ether oxygens (including phenoxy) is 2. The first-order chi connectivity index (χ1) is 11.2. The van der Waals surface area contributed by atoms with E-state index in [1.54, 1.807) is 0 Å². The smallest absolute Gasteiger partial charge is 0.330 e. The molecule has 1 unspecified atom stereocenters. The van der Waals surface area contributed by atoms with Crippen molar-refractivity contribution >= 4 is 8.07 Å². The Bertz CT molecular complexity index is 829. The first kappa shape index (κ1) is 17.1. The van der Waals surface area contributed by atoms with Crippen molar-refractivity contribution < 1.29 is 19.7 Å². The first-order valence-electron chi connectivity index (χ1n) is 7.64. The summed E-state index contributed by atoms with van der Waals surface area (Å²) in [6, 6.07) is 0. The van der Waals surface area contributed by atoms with Gasteiger partial charge in [0.05, 0.1) is 13.2 Å². The molecular formula is C15H20N2O6Si. The van der Waals surface area contributed by atoms with Gasteiger partial charge in [-0.15, -0.1) is 5.54 Å². The maximum atomic E-state index is 12.1. The van der Waals surface area contributed by atoms with Crippen LogP contribution in [0.4, 0.5) is 0 Å². The molecule has 1 aromatic heterocycles. The first-order valence-corrected chi connectivity index (χ1v) is 11.1. The van der Waals surface area contributed by atoms with E-state index in [-0.39, 0.29) is 12.2 Å². The Hall–Kier alpha value is -1.70. The molecule has 0 amide bonds. The van der Waals surface area contributed by atoms with Gasteiger partial charge in [0.25, 0.3) is 5.56 Å². The summed E-state index contributed by atoms with van der Waals surface area (Å²) in [6.45, 7) is 5.74. The summed E-state index contributed by atoms with van der Waals surface area (Å²) >= 11 is 0. The Morgan fingerprint density at radius 3 is 2.75 bits per heavy atom. The monoisotopic (exact) mass is 352 g/mol. The number of hydrogen-bond donors (Lipinski definition) is 3. The number of nitrogens with one attached hydrogen (secondary N) is 1. The molecule has 2 fully saturated rings. The molecule has 0 radical (unpaired) electrons. The molecular weight excluding hydrogens is 332 g/mol. The number of aromatic nitrogens is 2. The van der Waals surface area contributed by atoms with E-state index in [4.69, 9.17) is 9.47 Å². The third-order valence-corrected chi connectivity index (χ3v) is 4.96. The quantitative estimate of drug-likeness (QED) is 0.454. The highest BCUT2D eigenvalue weighted by atomic mass is 28.3. The van der Waals surface area contributed by atoms with Crippen LogP contribution in [0.5, 0.6) is 0 Å². The number of hydrogen-bond acceptors (Lipinski definition) is 6. The maximum Gasteiger partial charge on any atom is 0.330 e. The third-order valence-electron chi connectivity index (χ3n) is 4.09. The van der Waals surface area contributed by atoms with Crippen molar-refractivity contribution in [2.75, 3.05) is 13.2 Å². The fraction of sp³-hybridized carbons (Fsp3) is 0.600. The molecule has 2 aliphatic rings. The van der Waals surface area contributed by atoms with E-state index in [1.807, 2.05) is 19.6 Å². The molecule has 3 rings (SSSR count). The standard InChI is InChI=1S/C15H20N2O6Si/c1-24(2,3)5-4-9-6-17(14(21)16-12(9)20)13-10-11(19)15(7-18,23-13)8-22-10/h6,10-11,13,18-19H,7-8H2,1-3H3,(H,16,20,21)/t10?,11-,13-,15+/m1/s1. The van der Waals surface area contributed by atoms with Crippen LogP contribution in [0.2, 0.25) is 19.6 Å². The normalized spacial score (nSPS) is 31.8. The Labute approximate surface area is 139 Å². The van der Waals surface area contributed by atoms with Gasteiger partial charge in [0, 0.05) is 6.20 Å². The summed E-state index contributed by atoms with van der Waals surface area (Å²) in [5.74, 6) is 2.82. The largest absolute Gasteiger partial charge is 0.393 e. The van der Waals surface area contributed by atoms with Gasteiger partial charge < -0.3 is 19.7 Å². The van der Waals surface area contributed by atoms with Crippen LogP contribution in [-0.2, 0) is 9.47 Å². The summed E-state index contributed by atoms with van der Waals surface area (Å²) in [5, 5.41) is 19.7. The van der Waals surface area contributed by atoms with Crippen molar-refractivity contribution in [3.05, 3.63) is 32.6 Å². The summed E-state index contributed by atoms with van der Waals surface area (Å²) < 4.78 is 12.3. The molecule has 0 aromatic carbocycles. The summed E-state index contributed by atoms with van der Waals surface area (Å²) in [4.78, 5) is 26.3. The third kappa shape index (κ3) is 2.76. The highest BCUT2D eigenvalue weighted by Gasteiger charge is 2.61. The lowest BCUT2D eigenvalue weighted by atomic mass is 10.0. The Morgan fingerprint density at radius 2 is 2.17 bits per heavy atom. The second kappa shape index (κ2) is 5.68. The lowest BCUT2D eigenvalue weighted by Gasteiger charge is -2.29. The van der Waals surface area contributed by atoms with Gasteiger partial charge in [-0.05, 0) is 0 Å². The molecule has 8 nitrogen and oxygen atoms in total. The van der Waals surface area contributed by atoms with E-state index in [1.165, 1.54) is 6.20 Å². The highest BCUT2D eigenvalue weighted by molar-refractivity contribution is 6.83. The number of aromatic amines is 1. The van der Waals surface area contributed by atoms with Gasteiger partial charge in [-0.1, -0.05) is 25.6 Å². The van der Waals surface area contributed by atoms with Gasteiger partial charge in [-0.3, -0.25) is 14.3 Å². The second-order valence-corrected chi connectivity index (χ2v) is 11.9. The second-order valence-electron chi connectivity index (χ2n) is 7.16. The van der Waals surface area contributed by atoms with Crippen LogP contribution in [0.15, 0.2) is 15.8 Å². The van der Waals surface area contributed by atoms with Gasteiger partial charge in [0.2, 0.25) is 0 Å². The van der Waals surface area contributed by atoms with E-state index in [0.717, 1.165) is 4.57 Å². The molecule has 4 atom stereocenters. The van der Waals surface area contributed by atoms with Gasteiger partial charge >= 0.3 is 5.69 Å². The highest BCUT2D eigenvalue weighted by Crippen LogP contribution is 2.44. The van der Waals surface area contributed by atoms with Crippen molar-refractivity contribution in [2.45, 2.75) is 43.7 Å². The molecule has 0 spiro atoms. The topological polar surface area (TPSA) is 114 Å². The molecule has 9 heteroatoms. The fourth-order valence-corrected chi connectivity index (χ4v) is 3.28. The Balaban J connectivity index is 2.02. The SMILES string of the molecule is C[Si](C)(C)C#Cc1cn([C@@H]2O[C@@]3(CO)COC2[C@H]3O)c(=O)[nH]c1=O. The molecule has 24 heavy (non-hydrogen) atoms. The molecule has 130 valence electrons. The molecule has 0 aliphatic carbocycles. The van der Waals surface area contributed by atoms with Crippen LogP contribution in [0.25, 0.3) is 0 Å². The minimum Gasteiger partial charge on any atom is -0.393 e. The molecule has 0 saturated carbocycles. The zero-order chi connectivity index (χ0) is 17.7. The van der Waals surface area contributed by atoms with E-state index in [2.05, 4.69) is 16.4 Å². The Kier molecular flexibility index (Phi) is 4.06. The Morgan fingerprint density at radius 1 is 1.46 bits per heavy atom. The van der Waals surface area contributed by atoms with E-state index in [9.17, 15) is 19.8 Å². The minimum absolute atomic E-state index is 0.0478. The average Bonchev–Trinajstić information content (AvgIpc) is 2.96. The number of aliphatic hydroxyl groups is 2. The summed E-state index contributed by atoms with van der Waals surface area (Å²) in [6.07, 6.45) is -1.46. The molecule has 3 N–H and O–H groups in total. The molecule has 2 aliphatic heterocycles. The number of H-pyrrole nitrogens is 1. The predicted octanol–water partition coefficient (Wildman–Crippen LogP) is -1.21. The fourth-order valence-electron chi connectivity index (χ4n) is 2.77. The van der Waals surface area contributed by atoms with E-state index in [0.29, 0.717) is 0 Å². The molecule has 3 heterocycles. The average molecular weight is 352 g/mol. The lowest BCUT2D eigenvalue weighted by Crippen LogP contribution is -2.44. The predicted molar refractivity (Wildman–Crippen MR) is 87.2 cm³/mol. The molecule has 2 saturated heterocycles. The number of fused-ring (bicyclic) bond motifs is 2. The van der Waals surface area contributed by atoms with Gasteiger partial charge in [0.1, 0.15) is 31.4 Å². The van der Waals surface area contributed by atoms with Crippen LogP contribution < -0.4 is 11.2 Å². The van der Waals surface area contributed by atoms with E-state index < -0.39 is 50.0 Å². The van der Waals surface area contributed by atoms with Crippen molar-refractivity contribution in [1.82, 2.24) is 9.55 Å². The van der Waals surface area contributed by atoms with Crippen LogP contribution in [0.1, 0.15) is 11.8 Å². The molecule has 2 bridgehead atoms. The number of nitrogens with zero attached hydrogens (tertiary/aromatic N) is 1. The van der Waals surface area contributed by atoms with E-state index >= 15 is 0 Å². The van der Waals surface area contributed by atoms with Gasteiger partial charge in [-0.2, -0.15) is 0 Å². The van der Waals surface area contributed by atoms with Crippen molar-refractivity contribution in [1.29, 1.82) is 0 Å². The van der Waals surface area contributed by atoms with Crippen LogP contribution in [-0.4, -0.2) is 58.9 Å². The van der Waals surface area contributed by atoms with Crippen LogP contribution in [0, 0.1) is 11.5 Å². The zero-order valence-electron chi connectivity index (χ0n) is 13.7. The summed E-state index contributed by atoms with van der Waals surface area (Å²) in [7, 11) is -1.70. The molecule has 1 aromatic rings. The lowest BCUT2D eigenvalue weighted by molar-refractivity contribution is -0.187. The van der Waals surface area contributed by atoms with Crippen molar-refractivity contribution in [3.63, 3.8) is 0 Å². The zero-order valence-corrected chi connectivity index (χ0v) is 14.7. The van der Waals surface area contributed by atoms with Gasteiger partial charge in [0.15, 0.2) is 6.23 Å².